The number of nitrogens with one attached hydrogen (secondary N) is 2. The molecule has 0 amide bonds. The Balaban J connectivity index is 2.38. The molecular formula is C10H9Cl2N5O2S. The molecule has 1 aromatic heterocycles. The van der Waals surface area contributed by atoms with Crippen molar-refractivity contribution in [3.8, 4) is 0 Å². The van der Waals surface area contributed by atoms with E-state index in [9.17, 15) is 8.42 Å². The van der Waals surface area contributed by atoms with Crippen molar-refractivity contribution in [3.63, 3.8) is 0 Å². The van der Waals surface area contributed by atoms with E-state index >= 15 is 0 Å². The first-order valence-electron chi connectivity index (χ1n) is 5.29. The molecule has 0 atom stereocenters. The molecule has 20 heavy (non-hydrogen) atoms. The quantitative estimate of drug-likeness (QED) is 0.888. The van der Waals surface area contributed by atoms with Gasteiger partial charge in [0.05, 0.1) is 5.02 Å². The lowest BCUT2D eigenvalue weighted by Crippen LogP contribution is -2.16. The van der Waals surface area contributed by atoms with Crippen molar-refractivity contribution in [3.05, 3.63) is 34.6 Å². The van der Waals surface area contributed by atoms with Crippen LogP contribution in [0.15, 0.2) is 29.2 Å². The maximum Gasteiger partial charge on any atom is 0.265 e. The molecular weight excluding hydrogens is 325 g/mol. The van der Waals surface area contributed by atoms with E-state index in [0.717, 1.165) is 0 Å². The lowest BCUT2D eigenvalue weighted by molar-refractivity contribution is 0.601. The van der Waals surface area contributed by atoms with Crippen LogP contribution < -0.4 is 10.0 Å². The Bertz CT molecular complexity index is 738. The second kappa shape index (κ2) is 5.78. The summed E-state index contributed by atoms with van der Waals surface area (Å²) in [6, 6.07) is 6.02. The minimum atomic E-state index is -3.91. The number of nitrogens with zero attached hydrogens (tertiary/aromatic N) is 3. The van der Waals surface area contributed by atoms with E-state index in [1.807, 2.05) is 0 Å². The van der Waals surface area contributed by atoms with Crippen LogP contribution in [0, 0.1) is 0 Å². The van der Waals surface area contributed by atoms with Gasteiger partial charge in [0, 0.05) is 7.05 Å². The normalized spacial score (nSPS) is 11.2. The average molecular weight is 334 g/mol. The molecule has 0 saturated heterocycles. The van der Waals surface area contributed by atoms with E-state index in [1.165, 1.54) is 12.1 Å². The van der Waals surface area contributed by atoms with Gasteiger partial charge in [-0.15, -0.1) is 0 Å². The van der Waals surface area contributed by atoms with Gasteiger partial charge in [-0.3, -0.25) is 0 Å². The molecule has 10 heteroatoms. The molecule has 1 heterocycles. The first-order chi connectivity index (χ1) is 9.42. The smallest absolute Gasteiger partial charge is 0.265 e. The van der Waals surface area contributed by atoms with Crippen molar-refractivity contribution >= 4 is 45.1 Å². The maximum atomic E-state index is 12.2. The molecule has 0 bridgehead atoms. The van der Waals surface area contributed by atoms with Gasteiger partial charge in [0.25, 0.3) is 10.0 Å². The Hall–Kier alpha value is -1.64. The highest BCUT2D eigenvalue weighted by molar-refractivity contribution is 7.92. The van der Waals surface area contributed by atoms with E-state index in [4.69, 9.17) is 23.2 Å². The second-order valence-electron chi connectivity index (χ2n) is 3.54. The Morgan fingerprint density at radius 3 is 2.35 bits per heavy atom. The molecule has 0 aliphatic heterocycles. The molecule has 0 spiro atoms. The van der Waals surface area contributed by atoms with Gasteiger partial charge in [0.15, 0.2) is 0 Å². The highest BCUT2D eigenvalue weighted by Gasteiger charge is 2.19. The van der Waals surface area contributed by atoms with Crippen molar-refractivity contribution in [1.29, 1.82) is 0 Å². The molecule has 1 aromatic carbocycles. The number of aromatic nitrogens is 3. The van der Waals surface area contributed by atoms with Gasteiger partial charge < -0.3 is 5.32 Å². The van der Waals surface area contributed by atoms with Gasteiger partial charge in [-0.1, -0.05) is 23.7 Å². The summed E-state index contributed by atoms with van der Waals surface area (Å²) in [7, 11) is -2.34. The van der Waals surface area contributed by atoms with E-state index in [2.05, 4.69) is 25.0 Å². The summed E-state index contributed by atoms with van der Waals surface area (Å²) in [6.45, 7) is 0. The molecule has 2 aromatic rings. The molecule has 0 saturated carbocycles. The highest BCUT2D eigenvalue weighted by Crippen LogP contribution is 2.22. The largest absolute Gasteiger partial charge is 0.357 e. The van der Waals surface area contributed by atoms with Gasteiger partial charge in [0.2, 0.25) is 17.2 Å². The van der Waals surface area contributed by atoms with Crippen LogP contribution in [0.1, 0.15) is 0 Å². The summed E-state index contributed by atoms with van der Waals surface area (Å²) in [5, 5.41) is 2.59. The van der Waals surface area contributed by atoms with Crippen LogP contribution in [-0.4, -0.2) is 30.4 Å². The number of rotatable bonds is 4. The molecule has 0 aliphatic carbocycles. The third-order valence-corrected chi connectivity index (χ3v) is 4.18. The maximum absolute atomic E-state index is 12.2. The number of anilines is 2. The van der Waals surface area contributed by atoms with Gasteiger partial charge >= 0.3 is 0 Å². The molecule has 0 unspecified atom stereocenters. The molecule has 7 nitrogen and oxygen atoms in total. The van der Waals surface area contributed by atoms with Crippen LogP contribution >= 0.6 is 23.2 Å². The predicted octanol–water partition coefficient (Wildman–Crippen LogP) is 2.02. The highest BCUT2D eigenvalue weighted by atomic mass is 35.5. The lowest BCUT2D eigenvalue weighted by atomic mass is 10.4. The molecule has 0 aliphatic rings. The number of sulfonamides is 1. The van der Waals surface area contributed by atoms with Crippen molar-refractivity contribution in [1.82, 2.24) is 15.0 Å². The summed E-state index contributed by atoms with van der Waals surface area (Å²) in [6.07, 6.45) is 0. The third kappa shape index (κ3) is 3.27. The summed E-state index contributed by atoms with van der Waals surface area (Å²) < 4.78 is 26.5. The fourth-order valence-corrected chi connectivity index (χ4v) is 2.97. The molecule has 0 radical (unpaired) electrons. The van der Waals surface area contributed by atoms with E-state index in [0.29, 0.717) is 0 Å². The van der Waals surface area contributed by atoms with Crippen LogP contribution in [-0.2, 0) is 10.0 Å². The van der Waals surface area contributed by atoms with Crippen LogP contribution in [0.25, 0.3) is 0 Å². The molecule has 2 rings (SSSR count). The summed E-state index contributed by atoms with van der Waals surface area (Å²) in [4.78, 5) is 11.2. The monoisotopic (exact) mass is 333 g/mol. The van der Waals surface area contributed by atoms with E-state index < -0.39 is 10.0 Å². The number of benzene rings is 1. The fourth-order valence-electron chi connectivity index (χ4n) is 1.35. The van der Waals surface area contributed by atoms with Crippen molar-refractivity contribution in [2.24, 2.45) is 0 Å². The first-order valence-corrected chi connectivity index (χ1v) is 7.53. The van der Waals surface area contributed by atoms with Gasteiger partial charge in [-0.05, 0) is 23.7 Å². The fraction of sp³-hybridized carbons (Fsp3) is 0.100. The van der Waals surface area contributed by atoms with E-state index in [-0.39, 0.29) is 27.1 Å². The molecule has 2 N–H and O–H groups in total. The Labute approximate surface area is 125 Å². The van der Waals surface area contributed by atoms with Crippen LogP contribution in [0.3, 0.4) is 0 Å². The number of hydrogen-bond acceptors (Lipinski definition) is 6. The second-order valence-corrected chi connectivity index (χ2v) is 5.93. The predicted molar refractivity (Wildman–Crippen MR) is 76.6 cm³/mol. The minimum absolute atomic E-state index is 0.0794. The van der Waals surface area contributed by atoms with Crippen LogP contribution in [0.4, 0.5) is 11.9 Å². The average Bonchev–Trinajstić information content (AvgIpc) is 2.37. The van der Waals surface area contributed by atoms with E-state index in [1.54, 1.807) is 19.2 Å². The third-order valence-electron chi connectivity index (χ3n) is 2.18. The van der Waals surface area contributed by atoms with Crippen LogP contribution in [0.2, 0.25) is 10.3 Å². The van der Waals surface area contributed by atoms with Crippen molar-refractivity contribution in [2.45, 2.75) is 4.90 Å². The molecule has 106 valence electrons. The van der Waals surface area contributed by atoms with Gasteiger partial charge in [-0.25, -0.2) is 13.1 Å². The Morgan fingerprint density at radius 1 is 1.05 bits per heavy atom. The summed E-state index contributed by atoms with van der Waals surface area (Å²) in [5.74, 6) is -0.0591. The Morgan fingerprint density at radius 2 is 1.70 bits per heavy atom. The zero-order chi connectivity index (χ0) is 14.8. The van der Waals surface area contributed by atoms with Gasteiger partial charge in [-0.2, -0.15) is 15.0 Å². The topological polar surface area (TPSA) is 96.9 Å². The number of halogens is 2. The van der Waals surface area contributed by atoms with Crippen LogP contribution in [0.5, 0.6) is 0 Å². The van der Waals surface area contributed by atoms with Crippen molar-refractivity contribution < 1.29 is 8.42 Å². The minimum Gasteiger partial charge on any atom is -0.357 e. The summed E-state index contributed by atoms with van der Waals surface area (Å²) in [5.41, 5.74) is 0. The summed E-state index contributed by atoms with van der Waals surface area (Å²) >= 11 is 11.5. The standard InChI is InChI=1S/C10H9Cl2N5O2S/c1-13-9-14-8(12)15-10(16-9)17-20(18,19)7-5-3-2-4-6(7)11/h2-5H,1H3,(H2,13,14,15,16,17). The Kier molecular flexibility index (Phi) is 4.26. The zero-order valence-corrected chi connectivity index (χ0v) is 12.5. The zero-order valence-electron chi connectivity index (χ0n) is 10.1. The number of hydrogen-bond donors (Lipinski definition) is 2. The van der Waals surface area contributed by atoms with Crippen molar-refractivity contribution in [2.75, 3.05) is 17.1 Å². The molecule has 0 fully saturated rings. The first kappa shape index (κ1) is 14.8. The SMILES string of the molecule is CNc1nc(Cl)nc(NS(=O)(=O)c2ccccc2Cl)n1. The van der Waals surface area contributed by atoms with Gasteiger partial charge in [0.1, 0.15) is 4.90 Å². The lowest BCUT2D eigenvalue weighted by Gasteiger charge is -2.08.